The lowest BCUT2D eigenvalue weighted by Crippen LogP contribution is -2.13. The third-order valence-electron chi connectivity index (χ3n) is 3.02. The van der Waals surface area contributed by atoms with E-state index >= 15 is 0 Å². The molecule has 3 N–H and O–H groups in total. The topological polar surface area (TPSA) is 72.2 Å². The third kappa shape index (κ3) is 4.11. The Bertz CT molecular complexity index is 777. The van der Waals surface area contributed by atoms with Crippen LogP contribution in [-0.2, 0) is 16.6 Å². The van der Waals surface area contributed by atoms with Crippen LogP contribution in [0.3, 0.4) is 0 Å². The summed E-state index contributed by atoms with van der Waals surface area (Å²) in [5.41, 5.74) is 2.46. The summed E-state index contributed by atoms with van der Waals surface area (Å²) in [4.78, 5) is 0.0674. The van der Waals surface area contributed by atoms with Crippen LogP contribution < -0.4 is 10.5 Å². The smallest absolute Gasteiger partial charge is 0.238 e. The molecule has 0 radical (unpaired) electrons. The zero-order valence-corrected chi connectivity index (χ0v) is 13.6. The molecule has 21 heavy (non-hydrogen) atoms. The molecule has 0 aliphatic carbocycles. The fourth-order valence-electron chi connectivity index (χ4n) is 1.82. The van der Waals surface area contributed by atoms with Gasteiger partial charge in [0.15, 0.2) is 0 Å². The second kappa shape index (κ2) is 6.23. The van der Waals surface area contributed by atoms with E-state index in [1.807, 2.05) is 13.0 Å². The highest BCUT2D eigenvalue weighted by atomic mass is 35.5. The Hall–Kier alpha value is -1.27. The Morgan fingerprint density at radius 3 is 2.48 bits per heavy atom. The molecule has 0 amide bonds. The van der Waals surface area contributed by atoms with Crippen molar-refractivity contribution in [1.29, 1.82) is 0 Å². The van der Waals surface area contributed by atoms with Crippen molar-refractivity contribution in [3.05, 3.63) is 57.6 Å². The molecule has 0 spiro atoms. The lowest BCUT2D eigenvalue weighted by molar-refractivity contribution is 0.598. The quantitative estimate of drug-likeness (QED) is 0.890. The molecule has 0 fully saturated rings. The van der Waals surface area contributed by atoms with Crippen LogP contribution in [0.4, 0.5) is 5.69 Å². The minimum absolute atomic E-state index is 0.0674. The van der Waals surface area contributed by atoms with Gasteiger partial charge in [-0.3, -0.25) is 0 Å². The van der Waals surface area contributed by atoms with Crippen molar-refractivity contribution >= 4 is 38.9 Å². The number of anilines is 1. The van der Waals surface area contributed by atoms with E-state index in [1.165, 1.54) is 12.1 Å². The summed E-state index contributed by atoms with van der Waals surface area (Å²) in [6.07, 6.45) is 0. The molecule has 0 saturated heterocycles. The predicted octanol–water partition coefficient (Wildman–Crippen LogP) is 3.56. The molecule has 0 aliphatic heterocycles. The monoisotopic (exact) mass is 344 g/mol. The highest BCUT2D eigenvalue weighted by Crippen LogP contribution is 2.24. The molecule has 2 aromatic carbocycles. The van der Waals surface area contributed by atoms with Crippen molar-refractivity contribution in [3.63, 3.8) is 0 Å². The van der Waals surface area contributed by atoms with Crippen LogP contribution in [-0.4, -0.2) is 8.42 Å². The van der Waals surface area contributed by atoms with E-state index in [9.17, 15) is 8.42 Å². The van der Waals surface area contributed by atoms with E-state index in [0.717, 1.165) is 11.1 Å². The summed E-state index contributed by atoms with van der Waals surface area (Å²) < 4.78 is 22.8. The number of hydrogen-bond acceptors (Lipinski definition) is 3. The summed E-state index contributed by atoms with van der Waals surface area (Å²) in [5.74, 6) is 0. The zero-order valence-electron chi connectivity index (χ0n) is 11.2. The number of hydrogen-bond donors (Lipinski definition) is 2. The number of sulfonamides is 1. The van der Waals surface area contributed by atoms with E-state index < -0.39 is 10.0 Å². The average Bonchev–Trinajstić information content (AvgIpc) is 2.38. The van der Waals surface area contributed by atoms with Crippen molar-refractivity contribution < 1.29 is 8.42 Å². The summed E-state index contributed by atoms with van der Waals surface area (Å²) >= 11 is 11.9. The lowest BCUT2D eigenvalue weighted by Gasteiger charge is -2.12. The number of nitrogens with one attached hydrogen (secondary N) is 1. The van der Waals surface area contributed by atoms with Crippen LogP contribution in [0.15, 0.2) is 41.3 Å². The van der Waals surface area contributed by atoms with Gasteiger partial charge in [-0.15, -0.1) is 0 Å². The predicted molar refractivity (Wildman–Crippen MR) is 86.3 cm³/mol. The van der Waals surface area contributed by atoms with Crippen LogP contribution >= 0.6 is 23.2 Å². The Balaban J connectivity index is 2.23. The van der Waals surface area contributed by atoms with Gasteiger partial charge in [0.2, 0.25) is 10.0 Å². The molecule has 0 heterocycles. The van der Waals surface area contributed by atoms with Crippen LogP contribution in [0.2, 0.25) is 10.0 Å². The Kier molecular flexibility index (Phi) is 4.78. The number of nitrogens with two attached hydrogens (primary N) is 1. The number of primary sulfonamides is 1. The van der Waals surface area contributed by atoms with Gasteiger partial charge in [-0.25, -0.2) is 13.6 Å². The van der Waals surface area contributed by atoms with Gasteiger partial charge in [0, 0.05) is 22.3 Å². The molecule has 112 valence electrons. The fourth-order valence-corrected chi connectivity index (χ4v) is 2.84. The molecule has 0 atom stereocenters. The number of halogens is 2. The fraction of sp³-hybridized carbons (Fsp3) is 0.143. The maximum Gasteiger partial charge on any atom is 0.238 e. The van der Waals surface area contributed by atoms with E-state index in [0.29, 0.717) is 22.3 Å². The van der Waals surface area contributed by atoms with Gasteiger partial charge in [0.25, 0.3) is 0 Å². The first-order chi connectivity index (χ1) is 9.77. The van der Waals surface area contributed by atoms with Gasteiger partial charge >= 0.3 is 0 Å². The maximum absolute atomic E-state index is 11.4. The number of rotatable bonds is 4. The summed E-state index contributed by atoms with van der Waals surface area (Å²) in [6.45, 7) is 2.32. The van der Waals surface area contributed by atoms with Crippen molar-refractivity contribution in [2.75, 3.05) is 5.32 Å². The van der Waals surface area contributed by atoms with Crippen LogP contribution in [0, 0.1) is 6.92 Å². The largest absolute Gasteiger partial charge is 0.381 e. The molecule has 0 aromatic heterocycles. The second-order valence-corrected chi connectivity index (χ2v) is 7.02. The molecule has 4 nitrogen and oxygen atoms in total. The maximum atomic E-state index is 11.4. The SMILES string of the molecule is Cc1ccc(S(N)(=O)=O)cc1NCc1ccc(Cl)cc1Cl. The van der Waals surface area contributed by atoms with Crippen molar-refractivity contribution in [3.8, 4) is 0 Å². The van der Waals surface area contributed by atoms with Crippen LogP contribution in [0.5, 0.6) is 0 Å². The first-order valence-corrected chi connectivity index (χ1v) is 8.39. The second-order valence-electron chi connectivity index (χ2n) is 4.61. The molecule has 2 rings (SSSR count). The van der Waals surface area contributed by atoms with E-state index in [2.05, 4.69) is 5.32 Å². The van der Waals surface area contributed by atoms with Crippen LogP contribution in [0.1, 0.15) is 11.1 Å². The molecule has 0 saturated carbocycles. The zero-order chi connectivity index (χ0) is 15.6. The molecular formula is C14H14Cl2N2O2S. The van der Waals surface area contributed by atoms with E-state index in [4.69, 9.17) is 28.3 Å². The Morgan fingerprint density at radius 1 is 1.14 bits per heavy atom. The average molecular weight is 345 g/mol. The highest BCUT2D eigenvalue weighted by molar-refractivity contribution is 7.89. The lowest BCUT2D eigenvalue weighted by atomic mass is 10.1. The molecule has 0 aliphatic rings. The minimum Gasteiger partial charge on any atom is -0.381 e. The third-order valence-corrected chi connectivity index (χ3v) is 4.52. The van der Waals surface area contributed by atoms with Gasteiger partial charge in [-0.05, 0) is 42.3 Å². The molecule has 0 unspecified atom stereocenters. The van der Waals surface area contributed by atoms with E-state index in [1.54, 1.807) is 18.2 Å². The van der Waals surface area contributed by atoms with Crippen molar-refractivity contribution in [2.24, 2.45) is 5.14 Å². The number of benzene rings is 2. The summed E-state index contributed by atoms with van der Waals surface area (Å²) in [7, 11) is -3.72. The molecule has 7 heteroatoms. The molecule has 0 bridgehead atoms. The minimum atomic E-state index is -3.72. The summed E-state index contributed by atoms with van der Waals surface area (Å²) in [6, 6.07) is 9.91. The Morgan fingerprint density at radius 2 is 1.86 bits per heavy atom. The van der Waals surface area contributed by atoms with E-state index in [-0.39, 0.29) is 4.90 Å². The molecular weight excluding hydrogens is 331 g/mol. The standard InChI is InChI=1S/C14H14Cl2N2O2S/c1-9-2-5-12(21(17,19)20)7-14(9)18-8-10-3-4-11(15)6-13(10)16/h2-7,18H,8H2,1H3,(H2,17,19,20). The number of aryl methyl sites for hydroxylation is 1. The van der Waals surface area contributed by atoms with Crippen molar-refractivity contribution in [2.45, 2.75) is 18.4 Å². The van der Waals surface area contributed by atoms with Gasteiger partial charge in [0.1, 0.15) is 0 Å². The summed E-state index contributed by atoms with van der Waals surface area (Å²) in [5, 5.41) is 9.40. The normalized spacial score (nSPS) is 11.4. The van der Waals surface area contributed by atoms with Gasteiger partial charge in [-0.2, -0.15) is 0 Å². The first-order valence-electron chi connectivity index (χ1n) is 6.08. The van der Waals surface area contributed by atoms with Gasteiger partial charge < -0.3 is 5.32 Å². The van der Waals surface area contributed by atoms with Gasteiger partial charge in [-0.1, -0.05) is 35.3 Å². The first kappa shape index (κ1) is 16.1. The van der Waals surface area contributed by atoms with Crippen LogP contribution in [0.25, 0.3) is 0 Å². The molecule has 2 aromatic rings. The van der Waals surface area contributed by atoms with Crippen molar-refractivity contribution in [1.82, 2.24) is 0 Å². The van der Waals surface area contributed by atoms with Gasteiger partial charge in [0.05, 0.1) is 4.90 Å². The Labute approximate surface area is 133 Å². The highest BCUT2D eigenvalue weighted by Gasteiger charge is 2.10.